The van der Waals surface area contributed by atoms with Crippen LogP contribution in [0.3, 0.4) is 0 Å². The van der Waals surface area contributed by atoms with E-state index in [0.29, 0.717) is 18.0 Å². The minimum atomic E-state index is -0.655. The first kappa shape index (κ1) is 17.5. The predicted molar refractivity (Wildman–Crippen MR) is 103 cm³/mol. The third kappa shape index (κ3) is 3.16. The highest BCUT2D eigenvalue weighted by Gasteiger charge is 2.53. The van der Waals surface area contributed by atoms with Crippen LogP contribution in [0.5, 0.6) is 0 Å². The van der Waals surface area contributed by atoms with Crippen molar-refractivity contribution < 1.29 is 14.0 Å². The zero-order chi connectivity index (χ0) is 20.0. The number of benzene rings is 1. The fourth-order valence-corrected chi connectivity index (χ4v) is 3.92. The predicted octanol–water partition coefficient (Wildman–Crippen LogP) is 1.93. The number of oxazole rings is 1. The molecule has 8 nitrogen and oxygen atoms in total. The van der Waals surface area contributed by atoms with Gasteiger partial charge in [-0.1, -0.05) is 30.3 Å². The molecule has 0 bridgehead atoms. The highest BCUT2D eigenvalue weighted by molar-refractivity contribution is 6.02. The molecule has 0 spiro atoms. The van der Waals surface area contributed by atoms with Crippen molar-refractivity contribution >= 4 is 17.6 Å². The molecule has 8 heteroatoms. The molecule has 0 unspecified atom stereocenters. The van der Waals surface area contributed by atoms with E-state index in [4.69, 9.17) is 4.42 Å². The molecule has 1 N–H and O–H groups in total. The average molecular weight is 389 g/mol. The topological polar surface area (TPSA) is 101 Å². The van der Waals surface area contributed by atoms with Crippen LogP contribution >= 0.6 is 0 Å². The van der Waals surface area contributed by atoms with Crippen LogP contribution < -0.4 is 10.2 Å². The van der Waals surface area contributed by atoms with Gasteiger partial charge in [-0.15, -0.1) is 0 Å². The molecule has 1 saturated carbocycles. The lowest BCUT2D eigenvalue weighted by molar-refractivity contribution is -0.120. The second-order valence-electron chi connectivity index (χ2n) is 7.41. The lowest BCUT2D eigenvalue weighted by Gasteiger charge is -2.22. The van der Waals surface area contributed by atoms with Gasteiger partial charge in [-0.25, -0.2) is 9.97 Å². The number of carbonyl (C=O) groups excluding carboxylic acids is 2. The summed E-state index contributed by atoms with van der Waals surface area (Å²) in [6.07, 6.45) is 6.09. The number of aromatic nitrogens is 3. The van der Waals surface area contributed by atoms with Crippen LogP contribution in [-0.4, -0.2) is 39.9 Å². The summed E-state index contributed by atoms with van der Waals surface area (Å²) in [4.78, 5) is 39.9. The van der Waals surface area contributed by atoms with Crippen LogP contribution in [0.25, 0.3) is 0 Å². The largest absolute Gasteiger partial charge is 0.437 e. The molecule has 2 aromatic heterocycles. The number of likely N-dealkylation sites (N-methyl/N-ethyl adjacent to an activating group) is 1. The summed E-state index contributed by atoms with van der Waals surface area (Å²) in [6.45, 7) is 0. The van der Waals surface area contributed by atoms with Crippen LogP contribution in [0, 0.1) is 5.92 Å². The van der Waals surface area contributed by atoms with Gasteiger partial charge in [0.2, 0.25) is 0 Å². The van der Waals surface area contributed by atoms with Crippen molar-refractivity contribution in [3.8, 4) is 0 Å². The number of nitrogens with one attached hydrogen (secondary N) is 1. The maximum Gasteiger partial charge on any atom is 0.307 e. The van der Waals surface area contributed by atoms with Gasteiger partial charge >= 0.3 is 5.91 Å². The van der Waals surface area contributed by atoms with Gasteiger partial charge in [-0.3, -0.25) is 19.5 Å². The number of hydrogen-bond acceptors (Lipinski definition) is 6. The Balaban J connectivity index is 1.32. The minimum Gasteiger partial charge on any atom is -0.437 e. The molecule has 2 aliphatic rings. The van der Waals surface area contributed by atoms with E-state index < -0.39 is 11.9 Å². The minimum absolute atomic E-state index is 0.00519. The maximum absolute atomic E-state index is 13.0. The Morgan fingerprint density at radius 3 is 2.83 bits per heavy atom. The first-order valence-electron chi connectivity index (χ1n) is 9.50. The third-order valence-corrected chi connectivity index (χ3v) is 5.50. The molecule has 1 aliphatic heterocycles. The van der Waals surface area contributed by atoms with Crippen molar-refractivity contribution in [2.24, 2.45) is 5.92 Å². The van der Waals surface area contributed by atoms with Gasteiger partial charge in [-0.2, -0.15) is 0 Å². The van der Waals surface area contributed by atoms with E-state index in [-0.39, 0.29) is 23.6 Å². The quantitative estimate of drug-likeness (QED) is 0.732. The van der Waals surface area contributed by atoms with Crippen molar-refractivity contribution in [1.82, 2.24) is 20.3 Å². The number of carbonyl (C=O) groups is 2. The molecule has 3 aromatic rings. The second-order valence-corrected chi connectivity index (χ2v) is 7.41. The molecular weight excluding hydrogens is 370 g/mol. The first-order valence-corrected chi connectivity index (χ1v) is 9.50. The summed E-state index contributed by atoms with van der Waals surface area (Å²) < 4.78 is 5.62. The van der Waals surface area contributed by atoms with Crippen LogP contribution in [0.1, 0.15) is 40.0 Å². The maximum atomic E-state index is 13.0. The molecule has 1 aromatic carbocycles. The Labute approximate surface area is 167 Å². The van der Waals surface area contributed by atoms with Gasteiger partial charge in [0, 0.05) is 31.8 Å². The molecule has 2 amide bonds. The van der Waals surface area contributed by atoms with Crippen LogP contribution in [-0.2, 0) is 11.2 Å². The standard InChI is InChI=1S/C21H19N5O3/c1-26-18-16(22-7-8-23-18)14-10-15(14)17(21(26)28)25-19(27)20-24-11-13(29-20)9-12-5-3-2-4-6-12/h2-8,11,14-15,17H,9-10H2,1H3,(H,25,27)/t14-,15+,17+/m1/s1. The van der Waals surface area contributed by atoms with Gasteiger partial charge in [0.15, 0.2) is 5.82 Å². The summed E-state index contributed by atoms with van der Waals surface area (Å²) in [5, 5.41) is 2.82. The highest BCUT2D eigenvalue weighted by atomic mass is 16.4. The van der Waals surface area contributed by atoms with E-state index in [1.807, 2.05) is 30.3 Å². The van der Waals surface area contributed by atoms with Crippen LogP contribution in [0.2, 0.25) is 0 Å². The van der Waals surface area contributed by atoms with Crippen LogP contribution in [0.15, 0.2) is 53.3 Å². The number of nitrogens with zero attached hydrogens (tertiary/aromatic N) is 4. The van der Waals surface area contributed by atoms with E-state index in [1.54, 1.807) is 25.6 Å². The summed E-state index contributed by atoms with van der Waals surface area (Å²) in [5.41, 5.74) is 1.88. The van der Waals surface area contributed by atoms with E-state index in [1.165, 1.54) is 4.90 Å². The molecule has 3 atom stereocenters. The Bertz CT molecular complexity index is 1080. The van der Waals surface area contributed by atoms with E-state index in [9.17, 15) is 9.59 Å². The number of amides is 2. The van der Waals surface area contributed by atoms with Crippen LogP contribution in [0.4, 0.5) is 5.82 Å². The monoisotopic (exact) mass is 389 g/mol. The second kappa shape index (κ2) is 6.80. The first-order chi connectivity index (χ1) is 14.1. The lowest BCUT2D eigenvalue weighted by Crippen LogP contribution is -2.48. The van der Waals surface area contributed by atoms with Crippen molar-refractivity contribution in [3.05, 3.63) is 71.8 Å². The van der Waals surface area contributed by atoms with Crippen molar-refractivity contribution in [1.29, 1.82) is 0 Å². The number of fused-ring (bicyclic) bond motifs is 3. The molecule has 0 saturated heterocycles. The SMILES string of the molecule is CN1C(=O)[C@@H](NC(=O)c2ncc(Cc3ccccc3)o2)[C@H]2C[C@H]2c2nccnc21. The molecular formula is C21H19N5O3. The van der Waals surface area contributed by atoms with E-state index in [0.717, 1.165) is 17.7 Å². The molecule has 3 heterocycles. The summed E-state index contributed by atoms with van der Waals surface area (Å²) >= 11 is 0. The van der Waals surface area contributed by atoms with Gasteiger partial charge in [0.05, 0.1) is 11.9 Å². The summed E-state index contributed by atoms with van der Waals surface area (Å²) in [5.74, 6) is 0.539. The van der Waals surface area contributed by atoms with Crippen molar-refractivity contribution in [2.75, 3.05) is 11.9 Å². The fourth-order valence-electron chi connectivity index (χ4n) is 3.92. The Hall–Kier alpha value is -3.55. The molecule has 146 valence electrons. The van der Waals surface area contributed by atoms with E-state index >= 15 is 0 Å². The third-order valence-electron chi connectivity index (χ3n) is 5.50. The van der Waals surface area contributed by atoms with Gasteiger partial charge < -0.3 is 9.73 Å². The zero-order valence-electron chi connectivity index (χ0n) is 15.8. The fraction of sp³-hybridized carbons (Fsp3) is 0.286. The zero-order valence-corrected chi connectivity index (χ0v) is 15.8. The normalized spacial score (nSPS) is 22.4. The van der Waals surface area contributed by atoms with Crippen molar-refractivity contribution in [2.45, 2.75) is 24.8 Å². The molecule has 1 fully saturated rings. The van der Waals surface area contributed by atoms with Crippen molar-refractivity contribution in [3.63, 3.8) is 0 Å². The molecule has 1 aliphatic carbocycles. The molecule has 5 rings (SSSR count). The van der Waals surface area contributed by atoms with E-state index in [2.05, 4.69) is 20.3 Å². The number of hydrogen-bond donors (Lipinski definition) is 1. The number of rotatable bonds is 4. The Kier molecular flexibility index (Phi) is 4.12. The number of anilines is 1. The average Bonchev–Trinajstić information content (AvgIpc) is 3.41. The lowest BCUT2D eigenvalue weighted by atomic mass is 10.1. The Morgan fingerprint density at radius 1 is 1.21 bits per heavy atom. The van der Waals surface area contributed by atoms with Gasteiger partial charge in [0.1, 0.15) is 11.8 Å². The van der Waals surface area contributed by atoms with Gasteiger partial charge in [0.25, 0.3) is 11.8 Å². The smallest absolute Gasteiger partial charge is 0.307 e. The Morgan fingerprint density at radius 2 is 2.00 bits per heavy atom. The molecule has 29 heavy (non-hydrogen) atoms. The van der Waals surface area contributed by atoms with Gasteiger partial charge in [-0.05, 0) is 17.9 Å². The summed E-state index contributed by atoms with van der Waals surface area (Å²) in [7, 11) is 1.66. The highest BCUT2D eigenvalue weighted by Crippen LogP contribution is 2.53. The molecule has 0 radical (unpaired) electrons. The summed E-state index contributed by atoms with van der Waals surface area (Å²) in [6, 6.07) is 9.14.